The van der Waals surface area contributed by atoms with E-state index >= 15 is 0 Å². The zero-order chi connectivity index (χ0) is 14.7. The van der Waals surface area contributed by atoms with E-state index in [1.165, 1.54) is 31.4 Å². The molecule has 0 bridgehead atoms. The molecule has 0 radical (unpaired) electrons. The molecule has 0 aliphatic rings. The first-order valence-electron chi connectivity index (χ1n) is 6.03. The van der Waals surface area contributed by atoms with Gasteiger partial charge in [0.05, 0.1) is 13.7 Å². The molecule has 0 amide bonds. The second-order valence-electron chi connectivity index (χ2n) is 4.02. The van der Waals surface area contributed by atoms with Crippen LogP contribution in [0.2, 0.25) is 0 Å². The van der Waals surface area contributed by atoms with Gasteiger partial charge < -0.3 is 9.47 Å². The lowest BCUT2D eigenvalue weighted by atomic mass is 10.0. The third-order valence-corrected chi connectivity index (χ3v) is 2.81. The van der Waals surface area contributed by atoms with Gasteiger partial charge in [-0.25, -0.2) is 8.78 Å². The lowest BCUT2D eigenvalue weighted by Crippen LogP contribution is -1.99. The van der Waals surface area contributed by atoms with Crippen LogP contribution in [0.4, 0.5) is 13.2 Å². The highest BCUT2D eigenvalue weighted by atomic mass is 19.2. The van der Waals surface area contributed by atoms with Gasteiger partial charge in [0.2, 0.25) is 5.82 Å². The number of rotatable bonds is 4. The van der Waals surface area contributed by atoms with Crippen LogP contribution in [-0.2, 0) is 0 Å². The molecule has 0 fully saturated rings. The SMILES string of the molecule is CCOc1ccc(-c2ccc(OC)c(F)c2)c(F)c1F. The molecule has 5 heteroatoms. The van der Waals surface area contributed by atoms with E-state index in [1.54, 1.807) is 6.92 Å². The summed E-state index contributed by atoms with van der Waals surface area (Å²) in [6.45, 7) is 1.90. The number of hydrogen-bond acceptors (Lipinski definition) is 2. The van der Waals surface area contributed by atoms with Gasteiger partial charge in [-0.3, -0.25) is 0 Å². The van der Waals surface area contributed by atoms with Crippen molar-refractivity contribution in [2.45, 2.75) is 6.92 Å². The maximum atomic E-state index is 14.0. The molecule has 0 saturated heterocycles. The van der Waals surface area contributed by atoms with E-state index in [-0.39, 0.29) is 29.2 Å². The number of benzene rings is 2. The largest absolute Gasteiger partial charge is 0.494 e. The third-order valence-electron chi connectivity index (χ3n) is 2.81. The van der Waals surface area contributed by atoms with Crippen molar-refractivity contribution in [1.82, 2.24) is 0 Å². The molecule has 0 aliphatic heterocycles. The quantitative estimate of drug-likeness (QED) is 0.837. The zero-order valence-electron chi connectivity index (χ0n) is 11.0. The molecule has 2 rings (SSSR count). The summed E-state index contributed by atoms with van der Waals surface area (Å²) in [5, 5.41) is 0. The van der Waals surface area contributed by atoms with Gasteiger partial charge in [0.15, 0.2) is 23.1 Å². The molecular weight excluding hydrogens is 269 g/mol. The molecule has 0 unspecified atom stereocenters. The Kier molecular flexibility index (Phi) is 4.17. The molecule has 0 saturated carbocycles. The maximum absolute atomic E-state index is 14.0. The van der Waals surface area contributed by atoms with Crippen molar-refractivity contribution in [2.24, 2.45) is 0 Å². The van der Waals surface area contributed by atoms with Gasteiger partial charge in [-0.2, -0.15) is 4.39 Å². The van der Waals surface area contributed by atoms with Crippen molar-refractivity contribution >= 4 is 0 Å². The first kappa shape index (κ1) is 14.2. The van der Waals surface area contributed by atoms with E-state index in [9.17, 15) is 13.2 Å². The number of methoxy groups -OCH3 is 1. The highest BCUT2D eigenvalue weighted by Gasteiger charge is 2.16. The van der Waals surface area contributed by atoms with Gasteiger partial charge in [-0.1, -0.05) is 6.07 Å². The predicted molar refractivity (Wildman–Crippen MR) is 69.5 cm³/mol. The Balaban J connectivity index is 2.48. The topological polar surface area (TPSA) is 18.5 Å². The summed E-state index contributed by atoms with van der Waals surface area (Å²) in [7, 11) is 1.33. The summed E-state index contributed by atoms with van der Waals surface area (Å²) in [6.07, 6.45) is 0. The van der Waals surface area contributed by atoms with E-state index in [4.69, 9.17) is 9.47 Å². The Morgan fingerprint density at radius 1 is 0.950 bits per heavy atom. The van der Waals surface area contributed by atoms with Crippen molar-refractivity contribution in [3.8, 4) is 22.6 Å². The van der Waals surface area contributed by atoms with Crippen molar-refractivity contribution in [3.05, 3.63) is 47.8 Å². The highest BCUT2D eigenvalue weighted by molar-refractivity contribution is 5.66. The van der Waals surface area contributed by atoms with Crippen molar-refractivity contribution in [2.75, 3.05) is 13.7 Å². The van der Waals surface area contributed by atoms with Crippen LogP contribution in [0.25, 0.3) is 11.1 Å². The average Bonchev–Trinajstić information content (AvgIpc) is 2.44. The molecule has 0 aromatic heterocycles. The van der Waals surface area contributed by atoms with Crippen LogP contribution >= 0.6 is 0 Å². The molecule has 0 spiro atoms. The molecule has 0 aliphatic carbocycles. The minimum absolute atomic E-state index is 0.0347. The second-order valence-corrected chi connectivity index (χ2v) is 4.02. The summed E-state index contributed by atoms with van der Waals surface area (Å²) in [5.74, 6) is -2.91. The van der Waals surface area contributed by atoms with Gasteiger partial charge in [-0.15, -0.1) is 0 Å². The minimum Gasteiger partial charge on any atom is -0.494 e. The van der Waals surface area contributed by atoms with Gasteiger partial charge >= 0.3 is 0 Å². The first-order chi connectivity index (χ1) is 9.58. The Labute approximate surface area is 114 Å². The molecule has 0 N–H and O–H groups in total. The van der Waals surface area contributed by atoms with Gasteiger partial charge in [0.1, 0.15) is 0 Å². The normalized spacial score (nSPS) is 10.4. The number of ether oxygens (including phenoxy) is 2. The van der Waals surface area contributed by atoms with Crippen LogP contribution in [0.5, 0.6) is 11.5 Å². The van der Waals surface area contributed by atoms with Crippen LogP contribution in [0, 0.1) is 17.5 Å². The second kappa shape index (κ2) is 5.86. The van der Waals surface area contributed by atoms with Crippen molar-refractivity contribution in [1.29, 1.82) is 0 Å². The molecule has 106 valence electrons. The summed E-state index contributed by atoms with van der Waals surface area (Å²) < 4.78 is 51.1. The number of hydrogen-bond donors (Lipinski definition) is 0. The summed E-state index contributed by atoms with van der Waals surface area (Å²) in [6, 6.07) is 6.58. The lowest BCUT2D eigenvalue weighted by molar-refractivity contribution is 0.314. The minimum atomic E-state index is -1.08. The maximum Gasteiger partial charge on any atom is 0.201 e. The van der Waals surface area contributed by atoms with E-state index in [0.717, 1.165) is 6.07 Å². The van der Waals surface area contributed by atoms with E-state index in [0.29, 0.717) is 0 Å². The molecule has 2 aromatic carbocycles. The molecule has 0 heterocycles. The standard InChI is InChI=1S/C15H13F3O2/c1-3-20-13-7-5-10(14(17)15(13)18)9-4-6-12(19-2)11(16)8-9/h4-8H,3H2,1-2H3. The fraction of sp³-hybridized carbons (Fsp3) is 0.200. The van der Waals surface area contributed by atoms with Crippen LogP contribution in [0.15, 0.2) is 30.3 Å². The van der Waals surface area contributed by atoms with Gasteiger partial charge in [-0.05, 0) is 36.8 Å². The van der Waals surface area contributed by atoms with Gasteiger partial charge in [0.25, 0.3) is 0 Å². The Morgan fingerprint density at radius 3 is 2.25 bits per heavy atom. The van der Waals surface area contributed by atoms with E-state index < -0.39 is 17.5 Å². The fourth-order valence-corrected chi connectivity index (χ4v) is 1.86. The Morgan fingerprint density at radius 2 is 1.65 bits per heavy atom. The molecule has 20 heavy (non-hydrogen) atoms. The summed E-state index contributed by atoms with van der Waals surface area (Å²) >= 11 is 0. The van der Waals surface area contributed by atoms with Crippen molar-refractivity contribution < 1.29 is 22.6 Å². The highest BCUT2D eigenvalue weighted by Crippen LogP contribution is 2.31. The monoisotopic (exact) mass is 282 g/mol. The molecular formula is C15H13F3O2. The zero-order valence-corrected chi connectivity index (χ0v) is 11.0. The molecule has 2 nitrogen and oxygen atoms in total. The number of halogens is 3. The van der Waals surface area contributed by atoms with Gasteiger partial charge in [0, 0.05) is 5.56 Å². The van der Waals surface area contributed by atoms with E-state index in [1.807, 2.05) is 0 Å². The van der Waals surface area contributed by atoms with Crippen LogP contribution < -0.4 is 9.47 Å². The Bertz CT molecular complexity index is 627. The smallest absolute Gasteiger partial charge is 0.201 e. The molecule has 2 aromatic rings. The van der Waals surface area contributed by atoms with E-state index in [2.05, 4.69) is 0 Å². The predicted octanol–water partition coefficient (Wildman–Crippen LogP) is 4.18. The van der Waals surface area contributed by atoms with Crippen molar-refractivity contribution in [3.63, 3.8) is 0 Å². The van der Waals surface area contributed by atoms with Crippen LogP contribution in [-0.4, -0.2) is 13.7 Å². The Hall–Kier alpha value is -2.17. The van der Waals surface area contributed by atoms with Crippen LogP contribution in [0.1, 0.15) is 6.92 Å². The summed E-state index contributed by atoms with van der Waals surface area (Å²) in [4.78, 5) is 0. The first-order valence-corrected chi connectivity index (χ1v) is 6.03. The summed E-state index contributed by atoms with van der Waals surface area (Å²) in [5.41, 5.74) is 0.190. The lowest BCUT2D eigenvalue weighted by Gasteiger charge is -2.10. The third kappa shape index (κ3) is 2.57. The van der Waals surface area contributed by atoms with Crippen LogP contribution in [0.3, 0.4) is 0 Å². The molecule has 0 atom stereocenters. The fourth-order valence-electron chi connectivity index (χ4n) is 1.86. The average molecular weight is 282 g/mol.